The van der Waals surface area contributed by atoms with Gasteiger partial charge in [0.2, 0.25) is 0 Å². The standard InChI is InChI=1S/C17H26FN3O/c1-3-20(4-2)13-11-19-17(22)21-12-5-6-16(21)14-7-9-15(18)10-8-14/h7-10,16H,3-6,11-13H2,1-2H3,(H,19,22)/t16-/m0/s1. The van der Waals surface area contributed by atoms with Crippen molar-refractivity contribution in [2.24, 2.45) is 0 Å². The first-order valence-electron chi connectivity index (χ1n) is 8.18. The molecule has 1 aromatic carbocycles. The summed E-state index contributed by atoms with van der Waals surface area (Å²) in [5, 5.41) is 3.01. The van der Waals surface area contributed by atoms with Crippen molar-refractivity contribution < 1.29 is 9.18 Å². The van der Waals surface area contributed by atoms with Gasteiger partial charge in [-0.25, -0.2) is 9.18 Å². The van der Waals surface area contributed by atoms with Crippen molar-refractivity contribution in [2.75, 3.05) is 32.7 Å². The minimum atomic E-state index is -0.239. The van der Waals surface area contributed by atoms with Crippen LogP contribution >= 0.6 is 0 Å². The molecular weight excluding hydrogens is 281 g/mol. The van der Waals surface area contributed by atoms with Crippen LogP contribution in [0.1, 0.15) is 38.3 Å². The molecule has 122 valence electrons. The SMILES string of the molecule is CCN(CC)CCNC(=O)N1CCC[C@H]1c1ccc(F)cc1. The van der Waals surface area contributed by atoms with Gasteiger partial charge in [0, 0.05) is 19.6 Å². The molecule has 0 aliphatic carbocycles. The van der Waals surface area contributed by atoms with Crippen molar-refractivity contribution >= 4 is 6.03 Å². The van der Waals surface area contributed by atoms with Gasteiger partial charge >= 0.3 is 6.03 Å². The Labute approximate surface area is 132 Å². The van der Waals surface area contributed by atoms with E-state index < -0.39 is 0 Å². The minimum absolute atomic E-state index is 0.0148. The van der Waals surface area contributed by atoms with Crippen LogP contribution in [0.15, 0.2) is 24.3 Å². The van der Waals surface area contributed by atoms with Crippen LogP contribution in [0, 0.1) is 5.82 Å². The fourth-order valence-corrected chi connectivity index (χ4v) is 3.00. The lowest BCUT2D eigenvalue weighted by Gasteiger charge is -2.26. The number of nitrogens with zero attached hydrogens (tertiary/aromatic N) is 2. The molecule has 1 saturated heterocycles. The van der Waals surface area contributed by atoms with Gasteiger partial charge in [0.1, 0.15) is 5.82 Å². The Morgan fingerprint density at radius 3 is 2.64 bits per heavy atom. The third-order valence-corrected chi connectivity index (χ3v) is 4.37. The number of rotatable bonds is 6. The molecule has 1 fully saturated rings. The maximum Gasteiger partial charge on any atom is 0.317 e. The Kier molecular flexibility index (Phi) is 6.19. The molecule has 4 nitrogen and oxygen atoms in total. The average molecular weight is 307 g/mol. The highest BCUT2D eigenvalue weighted by molar-refractivity contribution is 5.75. The molecule has 0 spiro atoms. The lowest BCUT2D eigenvalue weighted by Crippen LogP contribution is -2.42. The Morgan fingerprint density at radius 1 is 1.32 bits per heavy atom. The number of carbonyl (C=O) groups is 1. The molecule has 2 rings (SSSR count). The molecule has 1 aromatic rings. The normalized spacial score (nSPS) is 18.0. The number of nitrogens with one attached hydrogen (secondary N) is 1. The summed E-state index contributed by atoms with van der Waals surface area (Å²) in [5.41, 5.74) is 1.01. The monoisotopic (exact) mass is 307 g/mol. The van der Waals surface area contributed by atoms with E-state index in [9.17, 15) is 9.18 Å². The molecule has 5 heteroatoms. The van der Waals surface area contributed by atoms with E-state index in [-0.39, 0.29) is 17.9 Å². The number of halogens is 1. The third kappa shape index (κ3) is 4.19. The topological polar surface area (TPSA) is 35.6 Å². The molecule has 22 heavy (non-hydrogen) atoms. The number of amides is 2. The predicted octanol–water partition coefficient (Wildman–Crippen LogP) is 3.01. The Balaban J connectivity index is 1.89. The van der Waals surface area contributed by atoms with Crippen LogP contribution in [0.5, 0.6) is 0 Å². The van der Waals surface area contributed by atoms with Crippen molar-refractivity contribution in [3.8, 4) is 0 Å². The van der Waals surface area contributed by atoms with Crippen LogP contribution < -0.4 is 5.32 Å². The lowest BCUT2D eigenvalue weighted by molar-refractivity contribution is 0.190. The van der Waals surface area contributed by atoms with E-state index in [1.165, 1.54) is 12.1 Å². The first-order valence-corrected chi connectivity index (χ1v) is 8.18. The van der Waals surface area contributed by atoms with Gasteiger partial charge < -0.3 is 15.1 Å². The van der Waals surface area contributed by atoms with Crippen molar-refractivity contribution in [3.63, 3.8) is 0 Å². The number of likely N-dealkylation sites (tertiary alicyclic amines) is 1. The van der Waals surface area contributed by atoms with Gasteiger partial charge in [-0.05, 0) is 43.6 Å². The van der Waals surface area contributed by atoms with Crippen LogP contribution in [-0.4, -0.2) is 48.6 Å². The van der Waals surface area contributed by atoms with Crippen LogP contribution in [0.3, 0.4) is 0 Å². The number of urea groups is 1. The van der Waals surface area contributed by atoms with Gasteiger partial charge in [-0.1, -0.05) is 26.0 Å². The molecule has 1 atom stereocenters. The summed E-state index contributed by atoms with van der Waals surface area (Å²) in [6, 6.07) is 6.53. The summed E-state index contributed by atoms with van der Waals surface area (Å²) in [6.45, 7) is 8.52. The Hall–Kier alpha value is -1.62. The van der Waals surface area contributed by atoms with Gasteiger partial charge in [-0.15, -0.1) is 0 Å². The second kappa shape index (κ2) is 8.13. The van der Waals surface area contributed by atoms with E-state index in [1.54, 1.807) is 12.1 Å². The molecule has 0 unspecified atom stereocenters. The highest BCUT2D eigenvalue weighted by atomic mass is 19.1. The third-order valence-electron chi connectivity index (χ3n) is 4.37. The first kappa shape index (κ1) is 16.7. The van der Waals surface area contributed by atoms with Crippen LogP contribution in [0.25, 0.3) is 0 Å². The molecule has 2 amide bonds. The summed E-state index contributed by atoms with van der Waals surface area (Å²) in [4.78, 5) is 16.5. The maximum absolute atomic E-state index is 13.0. The highest BCUT2D eigenvalue weighted by Gasteiger charge is 2.29. The molecule has 1 heterocycles. The van der Waals surface area contributed by atoms with E-state index in [1.807, 2.05) is 4.90 Å². The van der Waals surface area contributed by atoms with Gasteiger partial charge in [0.25, 0.3) is 0 Å². The molecule has 0 aromatic heterocycles. The van der Waals surface area contributed by atoms with Crippen molar-refractivity contribution in [1.29, 1.82) is 0 Å². The van der Waals surface area contributed by atoms with Crippen molar-refractivity contribution in [1.82, 2.24) is 15.1 Å². The predicted molar refractivity (Wildman–Crippen MR) is 86.3 cm³/mol. The number of hydrogen-bond donors (Lipinski definition) is 1. The van der Waals surface area contributed by atoms with Crippen molar-refractivity contribution in [3.05, 3.63) is 35.6 Å². The van der Waals surface area contributed by atoms with Crippen molar-refractivity contribution in [2.45, 2.75) is 32.7 Å². The largest absolute Gasteiger partial charge is 0.337 e. The fraction of sp³-hybridized carbons (Fsp3) is 0.588. The molecule has 0 saturated carbocycles. The minimum Gasteiger partial charge on any atom is -0.337 e. The van der Waals surface area contributed by atoms with Gasteiger partial charge in [-0.2, -0.15) is 0 Å². The molecule has 0 bridgehead atoms. The summed E-state index contributed by atoms with van der Waals surface area (Å²) in [5.74, 6) is -0.239. The van der Waals surface area contributed by atoms with Crippen LogP contribution in [0.2, 0.25) is 0 Å². The molecular formula is C17H26FN3O. The maximum atomic E-state index is 13.0. The van der Waals surface area contributed by atoms with Gasteiger partial charge in [-0.3, -0.25) is 0 Å². The van der Waals surface area contributed by atoms with Crippen LogP contribution in [-0.2, 0) is 0 Å². The molecule has 1 aliphatic rings. The number of hydrogen-bond acceptors (Lipinski definition) is 2. The van der Waals surface area contributed by atoms with E-state index in [4.69, 9.17) is 0 Å². The van der Waals surface area contributed by atoms with E-state index in [0.717, 1.165) is 44.6 Å². The lowest BCUT2D eigenvalue weighted by atomic mass is 10.0. The smallest absolute Gasteiger partial charge is 0.317 e. The Morgan fingerprint density at radius 2 is 2.00 bits per heavy atom. The summed E-state index contributed by atoms with van der Waals surface area (Å²) < 4.78 is 13.0. The van der Waals surface area contributed by atoms with Gasteiger partial charge in [0.05, 0.1) is 6.04 Å². The summed E-state index contributed by atoms with van der Waals surface area (Å²) in [7, 11) is 0. The average Bonchev–Trinajstić information content (AvgIpc) is 3.02. The van der Waals surface area contributed by atoms with Crippen LogP contribution in [0.4, 0.5) is 9.18 Å². The zero-order valence-electron chi connectivity index (χ0n) is 13.5. The zero-order chi connectivity index (χ0) is 15.9. The fourth-order valence-electron chi connectivity index (χ4n) is 3.00. The van der Waals surface area contributed by atoms with E-state index in [2.05, 4.69) is 24.1 Å². The first-order chi connectivity index (χ1) is 10.7. The second-order valence-electron chi connectivity index (χ2n) is 5.66. The molecule has 1 aliphatic heterocycles. The Bertz CT molecular complexity index is 473. The number of likely N-dealkylation sites (N-methyl/N-ethyl adjacent to an activating group) is 1. The van der Waals surface area contributed by atoms with E-state index >= 15 is 0 Å². The molecule has 1 N–H and O–H groups in total. The molecule has 0 radical (unpaired) electrons. The zero-order valence-corrected chi connectivity index (χ0v) is 13.5. The highest BCUT2D eigenvalue weighted by Crippen LogP contribution is 2.31. The number of benzene rings is 1. The second-order valence-corrected chi connectivity index (χ2v) is 5.66. The summed E-state index contributed by atoms with van der Waals surface area (Å²) >= 11 is 0. The van der Waals surface area contributed by atoms with E-state index in [0.29, 0.717) is 6.54 Å². The van der Waals surface area contributed by atoms with Gasteiger partial charge in [0.15, 0.2) is 0 Å². The number of carbonyl (C=O) groups excluding carboxylic acids is 1. The quantitative estimate of drug-likeness (QED) is 0.877. The summed E-state index contributed by atoms with van der Waals surface area (Å²) in [6.07, 6.45) is 1.93.